The summed E-state index contributed by atoms with van der Waals surface area (Å²) in [5, 5.41) is 12.2. The maximum atomic E-state index is 11.7. The largest absolute Gasteiger partial charge is 0.478 e. The molecule has 2 N–H and O–H groups in total. The number of halogens is 1. The summed E-state index contributed by atoms with van der Waals surface area (Å²) in [4.78, 5) is 24.5. The van der Waals surface area contributed by atoms with E-state index in [-0.39, 0.29) is 23.0 Å². The fourth-order valence-electron chi connectivity index (χ4n) is 1.84. The molecule has 1 saturated carbocycles. The van der Waals surface area contributed by atoms with Crippen molar-refractivity contribution >= 4 is 29.2 Å². The molecule has 1 aromatic rings. The van der Waals surface area contributed by atoms with Crippen molar-refractivity contribution in [2.45, 2.75) is 18.9 Å². The molecule has 1 aliphatic carbocycles. The Bertz CT molecular complexity index is 515. The van der Waals surface area contributed by atoms with Gasteiger partial charge in [0.25, 0.3) is 0 Å². The number of carboxylic acid groups (broad SMARTS) is 1. The third-order valence-electron chi connectivity index (χ3n) is 2.94. The highest BCUT2D eigenvalue weighted by Crippen LogP contribution is 2.27. The first kappa shape index (κ1) is 13.7. The van der Waals surface area contributed by atoms with Crippen LogP contribution in [0.25, 0.3) is 0 Å². The van der Waals surface area contributed by atoms with Crippen molar-refractivity contribution in [1.82, 2.24) is 5.32 Å². The van der Waals surface area contributed by atoms with Crippen LogP contribution in [0, 0.1) is 0 Å². The van der Waals surface area contributed by atoms with Crippen molar-refractivity contribution < 1.29 is 14.7 Å². The van der Waals surface area contributed by atoms with Gasteiger partial charge in [0.05, 0.1) is 17.3 Å². The molecule has 0 atom stereocenters. The van der Waals surface area contributed by atoms with Crippen molar-refractivity contribution in [3.05, 3.63) is 28.8 Å². The molecule has 2 rings (SSSR count). The van der Waals surface area contributed by atoms with Gasteiger partial charge in [0.1, 0.15) is 5.56 Å². The maximum absolute atomic E-state index is 11.7. The highest BCUT2D eigenvalue weighted by atomic mass is 35.5. The van der Waals surface area contributed by atoms with Gasteiger partial charge in [-0.3, -0.25) is 4.79 Å². The first-order chi connectivity index (χ1) is 8.99. The van der Waals surface area contributed by atoms with Crippen molar-refractivity contribution in [1.29, 1.82) is 0 Å². The highest BCUT2D eigenvalue weighted by Gasteiger charge is 2.24. The van der Waals surface area contributed by atoms with E-state index in [1.165, 1.54) is 6.07 Å². The van der Waals surface area contributed by atoms with Crippen molar-refractivity contribution in [3.63, 3.8) is 0 Å². The van der Waals surface area contributed by atoms with Crippen LogP contribution in [0.3, 0.4) is 0 Å². The monoisotopic (exact) mass is 282 g/mol. The number of hydrogen-bond donors (Lipinski definition) is 2. The number of hydrogen-bond acceptors (Lipinski definition) is 3. The number of anilines is 1. The van der Waals surface area contributed by atoms with Gasteiger partial charge in [-0.1, -0.05) is 17.7 Å². The zero-order valence-corrected chi connectivity index (χ0v) is 11.3. The summed E-state index contributed by atoms with van der Waals surface area (Å²) in [7, 11) is 1.67. The molecule has 5 nitrogen and oxygen atoms in total. The molecule has 0 unspecified atom stereocenters. The fraction of sp³-hybridized carbons (Fsp3) is 0.385. The number of carbonyl (C=O) groups excluding carboxylic acids is 1. The van der Waals surface area contributed by atoms with E-state index in [1.807, 2.05) is 0 Å². The van der Waals surface area contributed by atoms with Crippen molar-refractivity contribution in [3.8, 4) is 0 Å². The molecule has 6 heteroatoms. The van der Waals surface area contributed by atoms with Gasteiger partial charge >= 0.3 is 5.97 Å². The van der Waals surface area contributed by atoms with Gasteiger partial charge < -0.3 is 15.3 Å². The second-order valence-corrected chi connectivity index (χ2v) is 5.04. The Morgan fingerprint density at radius 3 is 2.74 bits per heavy atom. The normalized spacial score (nSPS) is 14.0. The van der Waals surface area contributed by atoms with E-state index in [0.29, 0.717) is 11.7 Å². The third kappa shape index (κ3) is 3.38. The van der Waals surface area contributed by atoms with Crippen LogP contribution >= 0.6 is 11.6 Å². The number of likely N-dealkylation sites (N-methyl/N-ethyl adjacent to an activating group) is 1. The molecule has 0 saturated heterocycles. The lowest BCUT2D eigenvalue weighted by atomic mass is 10.1. The predicted molar refractivity (Wildman–Crippen MR) is 72.8 cm³/mol. The molecule has 0 radical (unpaired) electrons. The van der Waals surface area contributed by atoms with Gasteiger partial charge in [0.2, 0.25) is 5.91 Å². The number of aromatic carboxylic acids is 1. The minimum absolute atomic E-state index is 0.0193. The smallest absolute Gasteiger partial charge is 0.339 e. The van der Waals surface area contributed by atoms with Crippen molar-refractivity contribution in [2.75, 3.05) is 18.5 Å². The van der Waals surface area contributed by atoms with E-state index in [1.54, 1.807) is 24.1 Å². The fourth-order valence-corrected chi connectivity index (χ4v) is 2.09. The molecule has 0 aromatic heterocycles. The standard InChI is InChI=1S/C13H15ClN2O3/c1-16(7-11(17)15-8-5-6-8)10-4-2-3-9(14)12(10)13(18)19/h2-4,8H,5-7H2,1H3,(H,15,17)(H,18,19). The maximum Gasteiger partial charge on any atom is 0.339 e. The summed E-state index contributed by atoms with van der Waals surface area (Å²) in [5.74, 6) is -1.21. The summed E-state index contributed by atoms with van der Waals surface area (Å²) in [6, 6.07) is 5.12. The van der Waals surface area contributed by atoms with E-state index in [9.17, 15) is 14.7 Å². The van der Waals surface area contributed by atoms with Gasteiger partial charge in [0.15, 0.2) is 0 Å². The third-order valence-corrected chi connectivity index (χ3v) is 3.25. The van der Waals surface area contributed by atoms with E-state index in [2.05, 4.69) is 5.32 Å². The van der Waals surface area contributed by atoms with Crippen LogP contribution in [0.4, 0.5) is 5.69 Å². The molecule has 1 fully saturated rings. The first-order valence-electron chi connectivity index (χ1n) is 6.01. The first-order valence-corrected chi connectivity index (χ1v) is 6.39. The zero-order chi connectivity index (χ0) is 14.0. The summed E-state index contributed by atoms with van der Waals surface area (Å²) >= 11 is 5.89. The van der Waals surface area contributed by atoms with E-state index in [0.717, 1.165) is 12.8 Å². The van der Waals surface area contributed by atoms with Gasteiger partial charge in [0, 0.05) is 13.1 Å². The predicted octanol–water partition coefficient (Wildman–Crippen LogP) is 1.75. The van der Waals surface area contributed by atoms with Crippen LogP contribution in [0.5, 0.6) is 0 Å². The summed E-state index contributed by atoms with van der Waals surface area (Å²) in [6.07, 6.45) is 2.04. The Labute approximate surface area is 116 Å². The molecule has 0 bridgehead atoms. The second-order valence-electron chi connectivity index (χ2n) is 4.64. The Hall–Kier alpha value is -1.75. The van der Waals surface area contributed by atoms with E-state index >= 15 is 0 Å². The van der Waals surface area contributed by atoms with Crippen LogP contribution in [0.15, 0.2) is 18.2 Å². The van der Waals surface area contributed by atoms with Gasteiger partial charge in [-0.2, -0.15) is 0 Å². The average Bonchev–Trinajstić information content (AvgIpc) is 3.11. The van der Waals surface area contributed by atoms with Gasteiger partial charge in [-0.25, -0.2) is 4.79 Å². The molecule has 0 aliphatic heterocycles. The number of nitrogens with zero attached hydrogens (tertiary/aromatic N) is 1. The number of benzene rings is 1. The number of rotatable bonds is 5. The summed E-state index contributed by atoms with van der Waals surface area (Å²) < 4.78 is 0. The van der Waals surface area contributed by atoms with Gasteiger partial charge in [-0.05, 0) is 25.0 Å². The molecule has 102 valence electrons. The molecule has 19 heavy (non-hydrogen) atoms. The van der Waals surface area contributed by atoms with Crippen LogP contribution in [-0.4, -0.2) is 36.6 Å². The molecular formula is C13H15ClN2O3. The minimum atomic E-state index is -1.10. The topological polar surface area (TPSA) is 69.6 Å². The summed E-state index contributed by atoms with van der Waals surface area (Å²) in [5.41, 5.74) is 0.455. The quantitative estimate of drug-likeness (QED) is 0.863. The Kier molecular flexibility index (Phi) is 3.95. The van der Waals surface area contributed by atoms with Crippen LogP contribution in [-0.2, 0) is 4.79 Å². The molecule has 1 amide bonds. The van der Waals surface area contributed by atoms with Crippen molar-refractivity contribution in [2.24, 2.45) is 0 Å². The number of carbonyl (C=O) groups is 2. The lowest BCUT2D eigenvalue weighted by Gasteiger charge is -2.21. The average molecular weight is 283 g/mol. The van der Waals surface area contributed by atoms with Crippen LogP contribution in [0.2, 0.25) is 5.02 Å². The SMILES string of the molecule is CN(CC(=O)NC1CC1)c1cccc(Cl)c1C(=O)O. The molecule has 0 spiro atoms. The number of nitrogens with one attached hydrogen (secondary N) is 1. The Morgan fingerprint density at radius 1 is 1.47 bits per heavy atom. The van der Waals surface area contributed by atoms with Crippen LogP contribution in [0.1, 0.15) is 23.2 Å². The Balaban J connectivity index is 2.13. The number of amides is 1. The molecule has 1 aliphatic rings. The van der Waals surface area contributed by atoms with Crippen LogP contribution < -0.4 is 10.2 Å². The lowest BCUT2D eigenvalue weighted by molar-refractivity contribution is -0.119. The number of carboxylic acids is 1. The Morgan fingerprint density at radius 2 is 2.16 bits per heavy atom. The molecule has 0 heterocycles. The minimum Gasteiger partial charge on any atom is -0.478 e. The zero-order valence-electron chi connectivity index (χ0n) is 10.5. The van der Waals surface area contributed by atoms with E-state index in [4.69, 9.17) is 11.6 Å². The van der Waals surface area contributed by atoms with Gasteiger partial charge in [-0.15, -0.1) is 0 Å². The highest BCUT2D eigenvalue weighted by molar-refractivity contribution is 6.34. The lowest BCUT2D eigenvalue weighted by Crippen LogP contribution is -2.36. The summed E-state index contributed by atoms with van der Waals surface area (Å²) in [6.45, 7) is 0.108. The molecule has 1 aromatic carbocycles. The molecular weight excluding hydrogens is 268 g/mol. The second kappa shape index (κ2) is 5.48. The van der Waals surface area contributed by atoms with E-state index < -0.39 is 5.97 Å².